The van der Waals surface area contributed by atoms with Crippen LogP contribution in [0.15, 0.2) is 36.5 Å². The lowest BCUT2D eigenvalue weighted by atomic mass is 9.82. The average molecular weight is 322 g/mol. The topological polar surface area (TPSA) is 16.1 Å². The van der Waals surface area contributed by atoms with Crippen LogP contribution in [0.5, 0.6) is 0 Å². The van der Waals surface area contributed by atoms with Gasteiger partial charge in [-0.2, -0.15) is 0 Å². The van der Waals surface area contributed by atoms with Gasteiger partial charge in [0.2, 0.25) is 0 Å². The Bertz CT molecular complexity index is 717. The Labute approximate surface area is 144 Å². The Balaban J connectivity index is 1.31. The number of fused-ring (bicyclic) bond motifs is 2. The number of hydrogen-bond acceptors (Lipinski definition) is 2. The predicted molar refractivity (Wildman–Crippen MR) is 99.1 cm³/mol. The molecule has 2 saturated heterocycles. The van der Waals surface area contributed by atoms with Crippen LogP contribution in [0.3, 0.4) is 0 Å². The number of piperazine rings is 1. The van der Waals surface area contributed by atoms with E-state index in [1.165, 1.54) is 86.0 Å². The Morgan fingerprint density at radius 2 is 1.58 bits per heavy atom. The number of benzene rings is 1. The van der Waals surface area contributed by atoms with Crippen molar-refractivity contribution in [2.75, 3.05) is 44.2 Å². The van der Waals surface area contributed by atoms with Gasteiger partial charge in [-0.3, -0.25) is 0 Å². The van der Waals surface area contributed by atoms with Crippen LogP contribution in [-0.4, -0.2) is 48.7 Å². The van der Waals surface area contributed by atoms with Crippen LogP contribution >= 0.6 is 0 Å². The van der Waals surface area contributed by atoms with Gasteiger partial charge in [0.25, 0.3) is 0 Å². The number of pyridine rings is 1. The third-order valence-corrected chi connectivity index (χ3v) is 6.94. The van der Waals surface area contributed by atoms with E-state index >= 15 is 0 Å². The van der Waals surface area contributed by atoms with Crippen molar-refractivity contribution in [3.63, 3.8) is 0 Å². The van der Waals surface area contributed by atoms with E-state index in [1.54, 1.807) is 0 Å². The van der Waals surface area contributed by atoms with Crippen LogP contribution < -0.4 is 4.90 Å². The van der Waals surface area contributed by atoms with E-state index in [0.29, 0.717) is 0 Å². The number of hydrogen-bond donors (Lipinski definition) is 0. The zero-order chi connectivity index (χ0) is 16.0. The van der Waals surface area contributed by atoms with Crippen molar-refractivity contribution in [3.05, 3.63) is 36.5 Å². The maximum atomic E-state index is 4.74. The van der Waals surface area contributed by atoms with Gasteiger partial charge in [-0.1, -0.05) is 37.1 Å². The molecule has 5 rings (SSSR count). The number of rotatable bonds is 1. The second-order valence-electron chi connectivity index (χ2n) is 8.34. The van der Waals surface area contributed by atoms with Crippen molar-refractivity contribution in [1.82, 2.24) is 4.98 Å². The van der Waals surface area contributed by atoms with Crippen LogP contribution in [0.4, 0.5) is 5.82 Å². The molecule has 126 valence electrons. The Morgan fingerprint density at radius 1 is 0.917 bits per heavy atom. The number of nitrogens with zero attached hydrogens (tertiary/aromatic N) is 3. The maximum absolute atomic E-state index is 4.74. The minimum Gasteiger partial charge on any atom is -0.345 e. The van der Waals surface area contributed by atoms with E-state index < -0.39 is 0 Å². The van der Waals surface area contributed by atoms with Gasteiger partial charge in [0.15, 0.2) is 0 Å². The zero-order valence-corrected chi connectivity index (χ0v) is 14.5. The summed E-state index contributed by atoms with van der Waals surface area (Å²) in [6.07, 6.45) is 8.00. The molecule has 1 aliphatic carbocycles. The Morgan fingerprint density at radius 3 is 2.29 bits per heavy atom. The summed E-state index contributed by atoms with van der Waals surface area (Å²) in [5.74, 6) is 3.23. The highest BCUT2D eigenvalue weighted by Crippen LogP contribution is 2.40. The fourth-order valence-corrected chi connectivity index (χ4v) is 5.56. The highest BCUT2D eigenvalue weighted by Gasteiger charge is 2.47. The molecule has 1 aromatic carbocycles. The molecule has 3 heteroatoms. The third-order valence-electron chi connectivity index (χ3n) is 6.94. The number of aromatic nitrogens is 1. The van der Waals surface area contributed by atoms with Crippen molar-refractivity contribution < 1.29 is 4.48 Å². The highest BCUT2D eigenvalue weighted by atomic mass is 15.4. The van der Waals surface area contributed by atoms with Gasteiger partial charge in [0, 0.05) is 23.4 Å². The molecular weight excluding hydrogens is 294 g/mol. The summed E-state index contributed by atoms with van der Waals surface area (Å²) in [7, 11) is 0. The SMILES string of the molecule is c1ccc2cc(N3CC[N+]4(CC3)CC3CCCCC3C4)ncc2c1. The first-order chi connectivity index (χ1) is 11.8. The van der Waals surface area contributed by atoms with Gasteiger partial charge in [-0.15, -0.1) is 0 Å². The minimum atomic E-state index is 1.03. The standard InChI is InChI=1S/C21H28N3/c1-2-6-18-14-22-21(13-17(18)5-1)23-9-11-24(12-10-23)15-19-7-3-4-8-20(19)16-24/h1-2,5-6,13-14,19-20H,3-4,7-12,15-16H2/q+1. The smallest absolute Gasteiger partial charge is 0.129 e. The predicted octanol–water partition coefficient (Wildman–Crippen LogP) is 3.69. The fraction of sp³-hybridized carbons (Fsp3) is 0.571. The van der Waals surface area contributed by atoms with E-state index in [9.17, 15) is 0 Å². The van der Waals surface area contributed by atoms with Crippen molar-refractivity contribution in [2.24, 2.45) is 11.8 Å². The monoisotopic (exact) mass is 322 g/mol. The van der Waals surface area contributed by atoms with E-state index in [-0.39, 0.29) is 0 Å². The normalized spacial score (nSPS) is 29.1. The molecule has 0 N–H and O–H groups in total. The first-order valence-electron chi connectivity index (χ1n) is 9.76. The summed E-state index contributed by atoms with van der Waals surface area (Å²) < 4.78 is 1.40. The minimum absolute atomic E-state index is 1.03. The Kier molecular flexibility index (Phi) is 3.51. The Hall–Kier alpha value is -1.61. The molecule has 0 bridgehead atoms. The van der Waals surface area contributed by atoms with Crippen LogP contribution in [0, 0.1) is 11.8 Å². The van der Waals surface area contributed by atoms with Crippen LogP contribution in [0.1, 0.15) is 25.7 Å². The average Bonchev–Trinajstić information content (AvgIpc) is 2.99. The molecule has 3 heterocycles. The molecule has 0 amide bonds. The fourth-order valence-electron chi connectivity index (χ4n) is 5.56. The molecule has 1 spiro atoms. The van der Waals surface area contributed by atoms with E-state index in [2.05, 4.69) is 35.2 Å². The summed E-state index contributed by atoms with van der Waals surface area (Å²) in [4.78, 5) is 7.25. The van der Waals surface area contributed by atoms with Crippen LogP contribution in [0.25, 0.3) is 10.8 Å². The lowest BCUT2D eigenvalue weighted by Gasteiger charge is -2.43. The molecule has 1 aromatic heterocycles. The first-order valence-corrected chi connectivity index (χ1v) is 9.76. The molecular formula is C21H28N3+. The molecule has 2 aliphatic heterocycles. The lowest BCUT2D eigenvalue weighted by molar-refractivity contribution is -0.919. The molecule has 2 unspecified atom stereocenters. The summed E-state index contributed by atoms with van der Waals surface area (Å²) in [5, 5.41) is 2.55. The quantitative estimate of drug-likeness (QED) is 0.744. The van der Waals surface area contributed by atoms with Gasteiger partial charge < -0.3 is 9.38 Å². The zero-order valence-electron chi connectivity index (χ0n) is 14.5. The molecule has 3 aliphatic rings. The van der Waals surface area contributed by atoms with E-state index in [1.807, 2.05) is 6.20 Å². The summed E-state index contributed by atoms with van der Waals surface area (Å²) in [6, 6.07) is 10.8. The van der Waals surface area contributed by atoms with Gasteiger partial charge in [-0.05, 0) is 24.3 Å². The maximum Gasteiger partial charge on any atom is 0.129 e. The second-order valence-corrected chi connectivity index (χ2v) is 8.34. The highest BCUT2D eigenvalue weighted by molar-refractivity contribution is 5.83. The number of anilines is 1. The molecule has 0 radical (unpaired) electrons. The largest absolute Gasteiger partial charge is 0.345 e. The molecule has 3 fully saturated rings. The van der Waals surface area contributed by atoms with Crippen LogP contribution in [-0.2, 0) is 0 Å². The first kappa shape index (κ1) is 14.7. The van der Waals surface area contributed by atoms with Crippen molar-refractivity contribution in [1.29, 1.82) is 0 Å². The summed E-state index contributed by atoms with van der Waals surface area (Å²) in [5.41, 5.74) is 0. The van der Waals surface area contributed by atoms with Gasteiger partial charge in [0.1, 0.15) is 5.82 Å². The molecule has 3 nitrogen and oxygen atoms in total. The van der Waals surface area contributed by atoms with E-state index in [0.717, 1.165) is 11.8 Å². The van der Waals surface area contributed by atoms with E-state index in [4.69, 9.17) is 4.98 Å². The molecule has 1 saturated carbocycles. The third kappa shape index (κ3) is 2.50. The summed E-state index contributed by atoms with van der Waals surface area (Å²) in [6.45, 7) is 7.91. The lowest BCUT2D eigenvalue weighted by Crippen LogP contribution is -2.58. The van der Waals surface area contributed by atoms with Crippen molar-refractivity contribution in [3.8, 4) is 0 Å². The molecule has 24 heavy (non-hydrogen) atoms. The van der Waals surface area contributed by atoms with Gasteiger partial charge in [0.05, 0.1) is 39.3 Å². The van der Waals surface area contributed by atoms with Crippen molar-refractivity contribution >= 4 is 16.6 Å². The molecule has 2 atom stereocenters. The van der Waals surface area contributed by atoms with Gasteiger partial charge in [-0.25, -0.2) is 4.98 Å². The second kappa shape index (κ2) is 5.73. The summed E-state index contributed by atoms with van der Waals surface area (Å²) >= 11 is 0. The van der Waals surface area contributed by atoms with Crippen molar-refractivity contribution in [2.45, 2.75) is 25.7 Å². The number of quaternary nitrogens is 1. The van der Waals surface area contributed by atoms with Crippen LogP contribution in [0.2, 0.25) is 0 Å². The molecule has 2 aromatic rings. The van der Waals surface area contributed by atoms with Gasteiger partial charge >= 0.3 is 0 Å².